The van der Waals surface area contributed by atoms with E-state index in [1.165, 1.54) is 33.4 Å². The molecule has 0 saturated heterocycles. The van der Waals surface area contributed by atoms with Gasteiger partial charge in [0, 0.05) is 43.0 Å². The summed E-state index contributed by atoms with van der Waals surface area (Å²) in [5.74, 6) is 0.904. The Hall–Kier alpha value is -3.43. The van der Waals surface area contributed by atoms with Crippen molar-refractivity contribution in [2.75, 3.05) is 13.7 Å². The summed E-state index contributed by atoms with van der Waals surface area (Å²) in [7, 11) is 1.77. The van der Waals surface area contributed by atoms with Crippen LogP contribution in [-0.2, 0) is 32.4 Å². The zero-order chi connectivity index (χ0) is 25.3. The Morgan fingerprint density at radius 1 is 0.750 bits per heavy atom. The average molecular weight is 479 g/mol. The van der Waals surface area contributed by atoms with E-state index in [2.05, 4.69) is 105 Å². The van der Waals surface area contributed by atoms with E-state index in [-0.39, 0.29) is 0 Å². The number of aryl methyl sites for hydroxylation is 3. The van der Waals surface area contributed by atoms with E-state index >= 15 is 0 Å². The Morgan fingerprint density at radius 2 is 1.44 bits per heavy atom. The summed E-state index contributed by atoms with van der Waals surface area (Å²) in [5.41, 5.74) is 10.0. The van der Waals surface area contributed by atoms with E-state index in [1.807, 2.05) is 6.20 Å². The van der Waals surface area contributed by atoms with Gasteiger partial charge < -0.3 is 4.74 Å². The van der Waals surface area contributed by atoms with Gasteiger partial charge in [-0.05, 0) is 48.4 Å². The largest absolute Gasteiger partial charge is 0.496 e. The molecule has 0 amide bonds. The molecular formula is C33H38N2O. The molecule has 0 radical (unpaired) electrons. The van der Waals surface area contributed by atoms with Crippen LogP contribution in [0.4, 0.5) is 0 Å². The minimum absolute atomic E-state index is 0.785. The van der Waals surface area contributed by atoms with E-state index in [4.69, 9.17) is 9.72 Å². The van der Waals surface area contributed by atoms with Gasteiger partial charge in [-0.3, -0.25) is 9.88 Å². The van der Waals surface area contributed by atoms with Crippen LogP contribution in [0.1, 0.15) is 47.2 Å². The van der Waals surface area contributed by atoms with Crippen molar-refractivity contribution in [3.05, 3.63) is 118 Å². The highest BCUT2D eigenvalue weighted by Crippen LogP contribution is 2.32. The number of benzene rings is 3. The highest BCUT2D eigenvalue weighted by molar-refractivity contribution is 5.69. The van der Waals surface area contributed by atoms with Crippen molar-refractivity contribution in [1.29, 1.82) is 0 Å². The van der Waals surface area contributed by atoms with Gasteiger partial charge in [0.25, 0.3) is 0 Å². The summed E-state index contributed by atoms with van der Waals surface area (Å²) in [6.45, 7) is 9.18. The van der Waals surface area contributed by atoms with Crippen LogP contribution in [0, 0.1) is 6.92 Å². The fourth-order valence-corrected chi connectivity index (χ4v) is 4.82. The van der Waals surface area contributed by atoms with Crippen molar-refractivity contribution in [3.63, 3.8) is 0 Å². The standard InChI is InChI=1S/C33H38N2O/c1-5-28-13-10-14-29(6-2)33(28)31-21-32(36-4)30(22-34-31)24-35(20-19-26-11-8-7-9-12-26)23-27-17-15-25(3)16-18-27/h7-18,21-22H,5-6,19-20,23-24H2,1-4H3. The lowest BCUT2D eigenvalue weighted by Gasteiger charge is -2.24. The molecule has 0 atom stereocenters. The molecular weight excluding hydrogens is 440 g/mol. The summed E-state index contributed by atoms with van der Waals surface area (Å²) >= 11 is 0. The molecule has 0 N–H and O–H groups in total. The molecule has 4 rings (SSSR count). The first-order valence-corrected chi connectivity index (χ1v) is 13.1. The van der Waals surface area contributed by atoms with Crippen LogP contribution in [0.25, 0.3) is 11.3 Å². The van der Waals surface area contributed by atoms with Crippen molar-refractivity contribution in [2.45, 2.75) is 53.1 Å². The lowest BCUT2D eigenvalue weighted by atomic mass is 9.94. The van der Waals surface area contributed by atoms with Gasteiger partial charge >= 0.3 is 0 Å². The first kappa shape index (κ1) is 25.7. The normalized spacial score (nSPS) is 11.1. The fourth-order valence-electron chi connectivity index (χ4n) is 4.82. The molecule has 4 aromatic rings. The van der Waals surface area contributed by atoms with E-state index in [9.17, 15) is 0 Å². The van der Waals surface area contributed by atoms with Crippen LogP contribution in [0.5, 0.6) is 5.75 Å². The molecule has 0 fully saturated rings. The van der Waals surface area contributed by atoms with Gasteiger partial charge in [0.1, 0.15) is 5.75 Å². The van der Waals surface area contributed by atoms with Crippen molar-refractivity contribution in [1.82, 2.24) is 9.88 Å². The topological polar surface area (TPSA) is 25.4 Å². The minimum Gasteiger partial charge on any atom is -0.496 e. The molecule has 0 saturated carbocycles. The molecule has 0 bridgehead atoms. The molecule has 3 heteroatoms. The lowest BCUT2D eigenvalue weighted by molar-refractivity contribution is 0.255. The number of aromatic nitrogens is 1. The summed E-state index contributed by atoms with van der Waals surface area (Å²) in [4.78, 5) is 7.45. The third-order valence-corrected chi connectivity index (χ3v) is 6.90. The zero-order valence-corrected chi connectivity index (χ0v) is 22.1. The van der Waals surface area contributed by atoms with Gasteiger partial charge in [-0.2, -0.15) is 0 Å². The Labute approximate surface area is 216 Å². The van der Waals surface area contributed by atoms with Crippen LogP contribution >= 0.6 is 0 Å². The first-order valence-electron chi connectivity index (χ1n) is 13.1. The number of methoxy groups -OCH3 is 1. The summed E-state index contributed by atoms with van der Waals surface area (Å²) in [6.07, 6.45) is 4.99. The second-order valence-electron chi connectivity index (χ2n) is 9.47. The Balaban J connectivity index is 1.61. The maximum Gasteiger partial charge on any atom is 0.127 e. The number of rotatable bonds is 11. The Morgan fingerprint density at radius 3 is 2.08 bits per heavy atom. The van der Waals surface area contributed by atoms with Gasteiger partial charge in [0.2, 0.25) is 0 Å². The molecule has 0 aliphatic carbocycles. The van der Waals surface area contributed by atoms with E-state index in [0.29, 0.717) is 0 Å². The van der Waals surface area contributed by atoms with Crippen LogP contribution in [0.3, 0.4) is 0 Å². The van der Waals surface area contributed by atoms with Gasteiger partial charge in [-0.1, -0.05) is 92.2 Å². The number of hydrogen-bond donors (Lipinski definition) is 0. The molecule has 3 nitrogen and oxygen atoms in total. The second kappa shape index (κ2) is 12.5. The Kier molecular flexibility index (Phi) is 8.91. The number of ether oxygens (including phenoxy) is 1. The molecule has 0 spiro atoms. The van der Waals surface area contributed by atoms with Gasteiger partial charge in [-0.25, -0.2) is 0 Å². The number of nitrogens with zero attached hydrogens (tertiary/aromatic N) is 2. The summed E-state index contributed by atoms with van der Waals surface area (Å²) in [6, 6.07) is 28.3. The maximum atomic E-state index is 5.92. The SMILES string of the molecule is CCc1cccc(CC)c1-c1cc(OC)c(CN(CCc2ccccc2)Cc2ccc(C)cc2)cn1. The van der Waals surface area contributed by atoms with Crippen molar-refractivity contribution < 1.29 is 4.74 Å². The smallest absolute Gasteiger partial charge is 0.127 e. The number of hydrogen-bond acceptors (Lipinski definition) is 3. The third kappa shape index (κ3) is 6.41. The lowest BCUT2D eigenvalue weighted by Crippen LogP contribution is -2.25. The van der Waals surface area contributed by atoms with Crippen molar-refractivity contribution in [3.8, 4) is 17.0 Å². The first-order chi connectivity index (χ1) is 17.6. The van der Waals surface area contributed by atoms with Crippen molar-refractivity contribution in [2.24, 2.45) is 0 Å². The molecule has 1 heterocycles. The highest BCUT2D eigenvalue weighted by atomic mass is 16.5. The fraction of sp³-hybridized carbons (Fsp3) is 0.303. The van der Waals surface area contributed by atoms with Crippen LogP contribution in [0.2, 0.25) is 0 Å². The second-order valence-corrected chi connectivity index (χ2v) is 9.47. The van der Waals surface area contributed by atoms with Gasteiger partial charge in [-0.15, -0.1) is 0 Å². The molecule has 3 aromatic carbocycles. The summed E-state index contributed by atoms with van der Waals surface area (Å²) in [5, 5.41) is 0. The van der Waals surface area contributed by atoms with Crippen LogP contribution < -0.4 is 4.74 Å². The van der Waals surface area contributed by atoms with Gasteiger partial charge in [0.15, 0.2) is 0 Å². The predicted molar refractivity (Wildman–Crippen MR) is 150 cm³/mol. The average Bonchev–Trinajstić information content (AvgIpc) is 2.93. The van der Waals surface area contributed by atoms with E-state index < -0.39 is 0 Å². The minimum atomic E-state index is 0.785. The van der Waals surface area contributed by atoms with Gasteiger partial charge in [0.05, 0.1) is 12.8 Å². The molecule has 36 heavy (non-hydrogen) atoms. The molecule has 0 aliphatic heterocycles. The predicted octanol–water partition coefficient (Wildman–Crippen LogP) is 7.44. The van der Waals surface area contributed by atoms with Crippen molar-refractivity contribution >= 4 is 0 Å². The van der Waals surface area contributed by atoms with Crippen LogP contribution in [0.15, 0.2) is 85.1 Å². The summed E-state index contributed by atoms with van der Waals surface area (Å²) < 4.78 is 5.92. The molecule has 186 valence electrons. The monoisotopic (exact) mass is 478 g/mol. The number of pyridine rings is 1. The van der Waals surface area contributed by atoms with Crippen LogP contribution in [-0.4, -0.2) is 23.5 Å². The van der Waals surface area contributed by atoms with E-state index in [0.717, 1.165) is 55.9 Å². The quantitative estimate of drug-likeness (QED) is 0.224. The maximum absolute atomic E-state index is 5.92. The van der Waals surface area contributed by atoms with E-state index in [1.54, 1.807) is 7.11 Å². The molecule has 0 unspecified atom stereocenters. The third-order valence-electron chi connectivity index (χ3n) is 6.90. The molecule has 0 aliphatic rings. The highest BCUT2D eigenvalue weighted by Gasteiger charge is 2.16. The zero-order valence-electron chi connectivity index (χ0n) is 22.1. The Bertz CT molecular complexity index is 1230. The molecule has 1 aromatic heterocycles.